The monoisotopic (exact) mass is 424 g/mol. The molecule has 3 aromatic heterocycles. The van der Waals surface area contributed by atoms with Crippen LogP contribution in [0.2, 0.25) is 0 Å². The molecule has 7 nitrogen and oxygen atoms in total. The van der Waals surface area contributed by atoms with E-state index in [0.717, 1.165) is 28.4 Å². The Morgan fingerprint density at radius 1 is 1.31 bits per heavy atom. The van der Waals surface area contributed by atoms with Crippen LogP contribution in [0.4, 0.5) is 5.69 Å². The zero-order chi connectivity index (χ0) is 19.8. The van der Waals surface area contributed by atoms with Crippen LogP contribution in [0.3, 0.4) is 0 Å². The predicted molar refractivity (Wildman–Crippen MR) is 111 cm³/mol. The zero-order valence-corrected chi connectivity index (χ0v) is 17.1. The molecule has 0 fully saturated rings. The Kier molecular flexibility index (Phi) is 4.69. The van der Waals surface area contributed by atoms with E-state index in [-0.39, 0.29) is 11.7 Å². The summed E-state index contributed by atoms with van der Waals surface area (Å²) in [7, 11) is 0. The summed E-state index contributed by atoms with van der Waals surface area (Å²) in [5.74, 6) is 1.06. The average Bonchev–Trinajstić information content (AvgIpc) is 3.52. The van der Waals surface area contributed by atoms with Gasteiger partial charge < -0.3 is 13.7 Å². The fraction of sp³-hybridized carbons (Fsp3) is 0.200. The second kappa shape index (κ2) is 7.49. The molecular weight excluding hydrogens is 408 g/mol. The summed E-state index contributed by atoms with van der Waals surface area (Å²) in [6.07, 6.45) is 2.38. The van der Waals surface area contributed by atoms with Crippen molar-refractivity contribution in [2.24, 2.45) is 0 Å². The van der Waals surface area contributed by atoms with Crippen molar-refractivity contribution in [2.45, 2.75) is 18.6 Å². The molecule has 29 heavy (non-hydrogen) atoms. The molecule has 1 aliphatic heterocycles. The minimum Gasteiger partial charge on any atom is -0.459 e. The van der Waals surface area contributed by atoms with Crippen molar-refractivity contribution in [1.82, 2.24) is 15.2 Å². The third-order valence-corrected chi connectivity index (χ3v) is 6.23. The molecule has 0 unspecified atom stereocenters. The van der Waals surface area contributed by atoms with Crippen LogP contribution in [-0.4, -0.2) is 33.4 Å². The maximum atomic E-state index is 12.8. The number of anilines is 1. The molecule has 1 amide bonds. The van der Waals surface area contributed by atoms with Crippen LogP contribution in [0.15, 0.2) is 56.0 Å². The van der Waals surface area contributed by atoms with Gasteiger partial charge in [-0.15, -0.1) is 21.5 Å². The van der Waals surface area contributed by atoms with Crippen molar-refractivity contribution in [3.8, 4) is 22.9 Å². The molecule has 5 rings (SSSR count). The van der Waals surface area contributed by atoms with Gasteiger partial charge in [0.05, 0.1) is 22.7 Å². The van der Waals surface area contributed by atoms with Crippen LogP contribution < -0.4 is 4.90 Å². The molecule has 146 valence electrons. The van der Waals surface area contributed by atoms with Gasteiger partial charge in [0.25, 0.3) is 11.1 Å². The molecule has 9 heteroatoms. The number of fused-ring (bicyclic) bond motifs is 1. The van der Waals surface area contributed by atoms with E-state index in [0.29, 0.717) is 23.4 Å². The lowest BCUT2D eigenvalue weighted by molar-refractivity contribution is -0.116. The van der Waals surface area contributed by atoms with Gasteiger partial charge in [0, 0.05) is 23.2 Å². The van der Waals surface area contributed by atoms with E-state index in [9.17, 15) is 4.79 Å². The van der Waals surface area contributed by atoms with E-state index in [1.54, 1.807) is 29.7 Å². The Balaban J connectivity index is 1.26. The quantitative estimate of drug-likeness (QED) is 0.438. The first-order chi connectivity index (χ1) is 14.2. The van der Waals surface area contributed by atoms with Crippen LogP contribution in [0.25, 0.3) is 22.9 Å². The highest BCUT2D eigenvalue weighted by Crippen LogP contribution is 2.33. The molecule has 0 saturated heterocycles. The van der Waals surface area contributed by atoms with E-state index < -0.39 is 0 Å². The van der Waals surface area contributed by atoms with Crippen LogP contribution in [0.5, 0.6) is 0 Å². The molecule has 0 spiro atoms. The van der Waals surface area contributed by atoms with Gasteiger partial charge in [0.1, 0.15) is 0 Å². The van der Waals surface area contributed by atoms with Crippen LogP contribution in [-0.2, 0) is 11.2 Å². The fourth-order valence-electron chi connectivity index (χ4n) is 3.29. The number of rotatable bonds is 5. The number of aryl methyl sites for hydroxylation is 1. The largest absolute Gasteiger partial charge is 0.459 e. The van der Waals surface area contributed by atoms with Gasteiger partial charge in [-0.05, 0) is 43.2 Å². The van der Waals surface area contributed by atoms with Gasteiger partial charge in [-0.2, -0.15) is 0 Å². The number of hydrogen-bond acceptors (Lipinski definition) is 8. The van der Waals surface area contributed by atoms with Gasteiger partial charge in [-0.25, -0.2) is 4.98 Å². The summed E-state index contributed by atoms with van der Waals surface area (Å²) in [5, 5.41) is 11.4. The van der Waals surface area contributed by atoms with Crippen molar-refractivity contribution >= 4 is 34.7 Å². The topological polar surface area (TPSA) is 85.3 Å². The normalized spacial score (nSPS) is 13.1. The minimum atomic E-state index is 0.0174. The van der Waals surface area contributed by atoms with Gasteiger partial charge in [0.15, 0.2) is 5.76 Å². The Hall–Kier alpha value is -2.91. The molecule has 0 saturated carbocycles. The van der Waals surface area contributed by atoms with Crippen molar-refractivity contribution in [3.05, 3.63) is 52.5 Å². The summed E-state index contributed by atoms with van der Waals surface area (Å²) < 4.78 is 10.8. The first kappa shape index (κ1) is 18.1. The maximum Gasteiger partial charge on any atom is 0.284 e. The van der Waals surface area contributed by atoms with Gasteiger partial charge in [-0.1, -0.05) is 17.8 Å². The molecule has 0 N–H and O–H groups in total. The van der Waals surface area contributed by atoms with Crippen molar-refractivity contribution in [1.29, 1.82) is 0 Å². The molecule has 0 atom stereocenters. The number of hydrogen-bond donors (Lipinski definition) is 0. The lowest BCUT2D eigenvalue weighted by atomic mass is 10.1. The molecule has 1 aromatic carbocycles. The lowest BCUT2D eigenvalue weighted by Gasteiger charge is -2.16. The second-order valence-corrected chi connectivity index (χ2v) is 8.52. The number of thioether (sulfide) groups is 1. The van der Waals surface area contributed by atoms with Crippen LogP contribution in [0, 0.1) is 6.92 Å². The highest BCUT2D eigenvalue weighted by atomic mass is 32.2. The van der Waals surface area contributed by atoms with Crippen molar-refractivity contribution in [3.63, 3.8) is 0 Å². The number of carbonyl (C=O) groups is 1. The summed E-state index contributed by atoms with van der Waals surface area (Å²) in [4.78, 5) is 19.1. The SMILES string of the molecule is Cc1nc(-c2ccc3c(c2)CCN3C(=O)CSc2nnc(-c3ccco3)o2)cs1. The third kappa shape index (κ3) is 3.58. The second-order valence-electron chi connectivity index (χ2n) is 6.53. The minimum absolute atomic E-state index is 0.0174. The Morgan fingerprint density at radius 3 is 3.03 bits per heavy atom. The Labute approximate surface area is 174 Å². The summed E-state index contributed by atoms with van der Waals surface area (Å²) in [5.41, 5.74) is 4.21. The number of amides is 1. The summed E-state index contributed by atoms with van der Waals surface area (Å²) >= 11 is 2.87. The maximum absolute atomic E-state index is 12.8. The molecule has 4 aromatic rings. The van der Waals surface area contributed by atoms with E-state index in [4.69, 9.17) is 8.83 Å². The highest BCUT2D eigenvalue weighted by molar-refractivity contribution is 7.99. The third-order valence-electron chi connectivity index (χ3n) is 4.65. The first-order valence-electron chi connectivity index (χ1n) is 9.03. The molecule has 0 aliphatic carbocycles. The smallest absolute Gasteiger partial charge is 0.284 e. The van der Waals surface area contributed by atoms with Crippen LogP contribution >= 0.6 is 23.1 Å². The van der Waals surface area contributed by atoms with Crippen LogP contribution in [0.1, 0.15) is 10.6 Å². The molecule has 0 radical (unpaired) electrons. The van der Waals surface area contributed by atoms with E-state index in [1.807, 2.05) is 24.0 Å². The van der Waals surface area contributed by atoms with Crippen molar-refractivity contribution in [2.75, 3.05) is 17.2 Å². The molecule has 0 bridgehead atoms. The fourth-order valence-corrected chi connectivity index (χ4v) is 4.55. The van der Waals surface area contributed by atoms with Gasteiger partial charge in [0.2, 0.25) is 5.91 Å². The van der Waals surface area contributed by atoms with E-state index in [2.05, 4.69) is 26.6 Å². The number of aromatic nitrogens is 3. The number of furan rings is 1. The summed E-state index contributed by atoms with van der Waals surface area (Å²) in [6, 6.07) is 9.67. The zero-order valence-electron chi connectivity index (χ0n) is 15.5. The highest BCUT2D eigenvalue weighted by Gasteiger charge is 2.25. The van der Waals surface area contributed by atoms with Gasteiger partial charge in [-0.3, -0.25) is 4.79 Å². The van der Waals surface area contributed by atoms with E-state index >= 15 is 0 Å². The Bertz CT molecular complexity index is 1170. The first-order valence-corrected chi connectivity index (χ1v) is 10.9. The van der Waals surface area contributed by atoms with Gasteiger partial charge >= 0.3 is 0 Å². The Morgan fingerprint density at radius 2 is 2.24 bits per heavy atom. The molecule has 1 aliphatic rings. The number of thiazole rings is 1. The van der Waals surface area contributed by atoms with E-state index in [1.165, 1.54) is 17.3 Å². The number of nitrogens with zero attached hydrogens (tertiary/aromatic N) is 4. The van der Waals surface area contributed by atoms with Crippen molar-refractivity contribution < 1.29 is 13.6 Å². The molecule has 4 heterocycles. The molecular formula is C20H16N4O3S2. The average molecular weight is 425 g/mol. The lowest BCUT2D eigenvalue weighted by Crippen LogP contribution is -2.30. The summed E-state index contributed by atoms with van der Waals surface area (Å²) in [6.45, 7) is 2.68. The standard InChI is InChI=1S/C20H16N4O3S2/c1-12-21-15(10-28-12)13-4-5-16-14(9-13)6-7-24(16)18(25)11-29-20-23-22-19(27-20)17-3-2-8-26-17/h2-5,8-10H,6-7,11H2,1H3. The predicted octanol–water partition coefficient (Wildman–Crippen LogP) is 4.44. The number of benzene rings is 1. The number of carbonyl (C=O) groups excluding carboxylic acids is 1.